The van der Waals surface area contributed by atoms with E-state index in [0.717, 1.165) is 44.1 Å². The maximum absolute atomic E-state index is 12.9. The summed E-state index contributed by atoms with van der Waals surface area (Å²) in [5.74, 6) is 0.699. The van der Waals surface area contributed by atoms with Crippen LogP contribution in [-0.2, 0) is 11.2 Å². The van der Waals surface area contributed by atoms with E-state index in [0.29, 0.717) is 25.0 Å². The van der Waals surface area contributed by atoms with Gasteiger partial charge in [0, 0.05) is 25.6 Å². The third-order valence-electron chi connectivity index (χ3n) is 4.37. The monoisotopic (exact) mass is 377 g/mol. The Morgan fingerprint density at radius 1 is 1.27 bits per heavy atom. The van der Waals surface area contributed by atoms with Crippen LogP contribution in [0.1, 0.15) is 24.8 Å². The summed E-state index contributed by atoms with van der Waals surface area (Å²) in [6, 6.07) is 6.50. The first-order valence-electron chi connectivity index (χ1n) is 8.74. The first kappa shape index (κ1) is 18.5. The molecular weight excluding hydrogens is 357 g/mol. The maximum Gasteiger partial charge on any atom is 0.231 e. The molecule has 138 valence electrons. The summed E-state index contributed by atoms with van der Waals surface area (Å²) in [6.07, 6.45) is 4.48. The lowest BCUT2D eigenvalue weighted by molar-refractivity contribution is -0.111. The van der Waals surface area contributed by atoms with Crippen LogP contribution in [0.2, 0.25) is 5.28 Å². The first-order valence-corrected chi connectivity index (χ1v) is 9.12. The second-order valence-corrected chi connectivity index (χ2v) is 6.71. The Balaban J connectivity index is 1.55. The summed E-state index contributed by atoms with van der Waals surface area (Å²) >= 11 is 6.03. The Bertz CT molecular complexity index is 743. The summed E-state index contributed by atoms with van der Waals surface area (Å²) in [4.78, 5) is 25.7. The van der Waals surface area contributed by atoms with Crippen LogP contribution in [0, 0.1) is 11.7 Å². The predicted octanol–water partition coefficient (Wildman–Crippen LogP) is 3.12. The van der Waals surface area contributed by atoms with Crippen molar-refractivity contribution in [1.82, 2.24) is 15.0 Å². The quantitative estimate of drug-likeness (QED) is 0.590. The zero-order valence-corrected chi connectivity index (χ0v) is 15.1. The van der Waals surface area contributed by atoms with E-state index in [1.54, 1.807) is 12.1 Å². The Hall–Kier alpha value is -2.28. The molecule has 1 unspecified atom stereocenters. The van der Waals surface area contributed by atoms with Crippen molar-refractivity contribution >= 4 is 29.8 Å². The van der Waals surface area contributed by atoms with E-state index in [-0.39, 0.29) is 17.0 Å². The van der Waals surface area contributed by atoms with Gasteiger partial charge in [0.1, 0.15) is 12.1 Å². The normalized spacial score (nSPS) is 17.2. The highest BCUT2D eigenvalue weighted by Crippen LogP contribution is 2.21. The lowest BCUT2D eigenvalue weighted by Crippen LogP contribution is -2.37. The molecule has 2 heterocycles. The van der Waals surface area contributed by atoms with Crippen LogP contribution in [-0.4, -0.2) is 40.9 Å². The molecule has 1 aliphatic rings. The molecule has 3 rings (SSSR count). The van der Waals surface area contributed by atoms with Gasteiger partial charge < -0.3 is 15.0 Å². The van der Waals surface area contributed by atoms with Gasteiger partial charge in [-0.25, -0.2) is 4.39 Å². The number of carbonyl (C=O) groups is 1. The number of benzene rings is 1. The van der Waals surface area contributed by atoms with Gasteiger partial charge in [-0.15, -0.1) is 0 Å². The molecule has 26 heavy (non-hydrogen) atoms. The number of nitrogens with one attached hydrogen (secondary N) is 1. The highest BCUT2D eigenvalue weighted by atomic mass is 35.5. The number of hydrogen-bond donors (Lipinski definition) is 1. The van der Waals surface area contributed by atoms with E-state index in [2.05, 4.69) is 20.3 Å². The second-order valence-electron chi connectivity index (χ2n) is 6.37. The van der Waals surface area contributed by atoms with Crippen LogP contribution >= 0.6 is 11.6 Å². The fourth-order valence-corrected chi connectivity index (χ4v) is 3.16. The standard InChI is InChI=1S/C18H21ClFN5O/c19-16-22-17(21-9-1-3-13-5-7-15(20)8-6-13)24-18(23-16)25-10-2-4-14(11-25)12-26/h5-8,12,14H,1-4,9-11H2,(H,21,22,23,24). The number of hydrogen-bond acceptors (Lipinski definition) is 6. The van der Waals surface area contributed by atoms with Crippen molar-refractivity contribution in [2.24, 2.45) is 5.92 Å². The maximum atomic E-state index is 12.9. The van der Waals surface area contributed by atoms with E-state index in [4.69, 9.17) is 11.6 Å². The number of aldehydes is 1. The number of anilines is 2. The molecule has 0 radical (unpaired) electrons. The molecule has 0 spiro atoms. The molecule has 1 fully saturated rings. The molecule has 1 N–H and O–H groups in total. The van der Waals surface area contributed by atoms with Crippen molar-refractivity contribution in [3.63, 3.8) is 0 Å². The van der Waals surface area contributed by atoms with Crippen molar-refractivity contribution < 1.29 is 9.18 Å². The average molecular weight is 378 g/mol. The number of aromatic nitrogens is 3. The summed E-state index contributed by atoms with van der Waals surface area (Å²) in [6.45, 7) is 2.07. The zero-order chi connectivity index (χ0) is 18.4. The molecule has 1 aromatic heterocycles. The SMILES string of the molecule is O=CC1CCCN(c2nc(Cl)nc(NCCCc3ccc(F)cc3)n2)C1. The van der Waals surface area contributed by atoms with Crippen molar-refractivity contribution in [2.45, 2.75) is 25.7 Å². The molecule has 1 aliphatic heterocycles. The van der Waals surface area contributed by atoms with Crippen molar-refractivity contribution in [1.29, 1.82) is 0 Å². The molecule has 0 bridgehead atoms. The molecule has 6 nitrogen and oxygen atoms in total. The molecule has 0 aliphatic carbocycles. The molecule has 0 amide bonds. The number of piperidine rings is 1. The third-order valence-corrected chi connectivity index (χ3v) is 4.54. The highest BCUT2D eigenvalue weighted by Gasteiger charge is 2.22. The lowest BCUT2D eigenvalue weighted by atomic mass is 10.0. The van der Waals surface area contributed by atoms with Gasteiger partial charge >= 0.3 is 0 Å². The Kier molecular flexibility index (Phi) is 6.33. The fourth-order valence-electron chi connectivity index (χ4n) is 3.01. The highest BCUT2D eigenvalue weighted by molar-refractivity contribution is 6.28. The summed E-state index contributed by atoms with van der Waals surface area (Å²) < 4.78 is 12.9. The van der Waals surface area contributed by atoms with E-state index in [1.165, 1.54) is 12.1 Å². The van der Waals surface area contributed by atoms with E-state index >= 15 is 0 Å². The molecule has 1 aromatic carbocycles. The van der Waals surface area contributed by atoms with Crippen LogP contribution in [0.4, 0.5) is 16.3 Å². The minimum Gasteiger partial charge on any atom is -0.354 e. The van der Waals surface area contributed by atoms with E-state index < -0.39 is 0 Å². The van der Waals surface area contributed by atoms with Gasteiger partial charge in [0.25, 0.3) is 0 Å². The Labute approximate surface area is 156 Å². The topological polar surface area (TPSA) is 71.0 Å². The van der Waals surface area contributed by atoms with Crippen LogP contribution < -0.4 is 10.2 Å². The average Bonchev–Trinajstić information content (AvgIpc) is 2.66. The van der Waals surface area contributed by atoms with Gasteiger partial charge in [-0.2, -0.15) is 15.0 Å². The molecule has 1 saturated heterocycles. The minimum atomic E-state index is -0.228. The number of aryl methyl sites for hydroxylation is 1. The minimum absolute atomic E-state index is 0.00593. The van der Waals surface area contributed by atoms with E-state index in [1.807, 2.05) is 4.90 Å². The molecule has 8 heteroatoms. The van der Waals surface area contributed by atoms with Gasteiger partial charge in [-0.3, -0.25) is 0 Å². The molecular formula is C18H21ClFN5O. The van der Waals surface area contributed by atoms with E-state index in [9.17, 15) is 9.18 Å². The van der Waals surface area contributed by atoms with Crippen LogP contribution in [0.25, 0.3) is 0 Å². The van der Waals surface area contributed by atoms with Crippen molar-refractivity contribution in [3.8, 4) is 0 Å². The van der Waals surface area contributed by atoms with Gasteiger partial charge in [0.05, 0.1) is 0 Å². The number of carbonyl (C=O) groups excluding carboxylic acids is 1. The van der Waals surface area contributed by atoms with Crippen LogP contribution in [0.3, 0.4) is 0 Å². The Morgan fingerprint density at radius 2 is 2.08 bits per heavy atom. The molecule has 0 saturated carbocycles. The van der Waals surface area contributed by atoms with Crippen LogP contribution in [0.15, 0.2) is 24.3 Å². The summed E-state index contributed by atoms with van der Waals surface area (Å²) in [5.41, 5.74) is 1.08. The predicted molar refractivity (Wildman–Crippen MR) is 99.0 cm³/mol. The number of halogens is 2. The van der Waals surface area contributed by atoms with Gasteiger partial charge in [0.2, 0.25) is 17.2 Å². The smallest absolute Gasteiger partial charge is 0.231 e. The van der Waals surface area contributed by atoms with Gasteiger partial charge in [0.15, 0.2) is 0 Å². The largest absolute Gasteiger partial charge is 0.354 e. The summed E-state index contributed by atoms with van der Waals surface area (Å²) in [7, 11) is 0. The zero-order valence-electron chi connectivity index (χ0n) is 14.4. The molecule has 2 aromatic rings. The Morgan fingerprint density at radius 3 is 2.85 bits per heavy atom. The first-order chi connectivity index (χ1) is 12.6. The summed E-state index contributed by atoms with van der Waals surface area (Å²) in [5, 5.41) is 3.28. The van der Waals surface area contributed by atoms with Crippen LogP contribution in [0.5, 0.6) is 0 Å². The van der Waals surface area contributed by atoms with Crippen molar-refractivity contribution in [2.75, 3.05) is 29.9 Å². The number of nitrogens with zero attached hydrogens (tertiary/aromatic N) is 4. The third kappa shape index (κ3) is 5.11. The lowest BCUT2D eigenvalue weighted by Gasteiger charge is -2.30. The fraction of sp³-hybridized carbons (Fsp3) is 0.444. The molecule has 1 atom stereocenters. The van der Waals surface area contributed by atoms with Gasteiger partial charge in [-0.1, -0.05) is 12.1 Å². The number of rotatable bonds is 7. The second kappa shape index (κ2) is 8.89. The van der Waals surface area contributed by atoms with Crippen molar-refractivity contribution in [3.05, 3.63) is 40.9 Å². The van der Waals surface area contributed by atoms with Gasteiger partial charge in [-0.05, 0) is 55.0 Å².